The first kappa shape index (κ1) is 18.7. The molecule has 1 atom stereocenters. The minimum Gasteiger partial charge on any atom is -0.332 e. The van der Waals surface area contributed by atoms with Gasteiger partial charge in [0.1, 0.15) is 0 Å². The lowest BCUT2D eigenvalue weighted by atomic mass is 10.1. The number of rotatable bonds is 6. The Kier molecular flexibility index (Phi) is 5.43. The van der Waals surface area contributed by atoms with Crippen molar-refractivity contribution < 1.29 is 9.59 Å². The van der Waals surface area contributed by atoms with E-state index in [4.69, 9.17) is 0 Å². The molecule has 1 aromatic carbocycles. The molecule has 1 unspecified atom stereocenters. The SMILES string of the molecule is CSc1ccc(C(=O)CCC(=O)N2CCCC2c2nnc3ccccn23)cc1. The van der Waals surface area contributed by atoms with Gasteiger partial charge in [0.15, 0.2) is 17.3 Å². The molecule has 1 amide bonds. The number of fused-ring (bicyclic) bond motifs is 1. The zero-order valence-electron chi connectivity index (χ0n) is 15.7. The average molecular weight is 394 g/mol. The topological polar surface area (TPSA) is 67.6 Å². The summed E-state index contributed by atoms with van der Waals surface area (Å²) in [7, 11) is 0. The molecule has 3 heterocycles. The monoisotopic (exact) mass is 394 g/mol. The summed E-state index contributed by atoms with van der Waals surface area (Å²) in [5, 5.41) is 8.52. The highest BCUT2D eigenvalue weighted by Gasteiger charge is 2.33. The zero-order valence-corrected chi connectivity index (χ0v) is 16.6. The summed E-state index contributed by atoms with van der Waals surface area (Å²) >= 11 is 1.64. The predicted octanol–water partition coefficient (Wildman–Crippen LogP) is 3.78. The maximum absolute atomic E-state index is 12.8. The number of ketones is 1. The molecule has 28 heavy (non-hydrogen) atoms. The summed E-state index contributed by atoms with van der Waals surface area (Å²) in [6.45, 7) is 0.696. The third-order valence-corrected chi connectivity index (χ3v) is 5.93. The van der Waals surface area contributed by atoms with Gasteiger partial charge in [-0.3, -0.25) is 14.0 Å². The van der Waals surface area contributed by atoms with Crippen LogP contribution in [0.4, 0.5) is 0 Å². The van der Waals surface area contributed by atoms with E-state index in [9.17, 15) is 9.59 Å². The van der Waals surface area contributed by atoms with Crippen molar-refractivity contribution in [2.45, 2.75) is 36.6 Å². The number of thioether (sulfide) groups is 1. The minimum absolute atomic E-state index is 0.00395. The number of carbonyl (C=O) groups excluding carboxylic acids is 2. The van der Waals surface area contributed by atoms with E-state index in [1.807, 2.05) is 64.2 Å². The molecule has 0 aliphatic carbocycles. The van der Waals surface area contributed by atoms with E-state index in [2.05, 4.69) is 10.2 Å². The van der Waals surface area contributed by atoms with Crippen molar-refractivity contribution in [2.75, 3.05) is 12.8 Å². The zero-order chi connectivity index (χ0) is 19.5. The second-order valence-corrected chi connectivity index (χ2v) is 7.76. The van der Waals surface area contributed by atoms with Gasteiger partial charge >= 0.3 is 0 Å². The third-order valence-electron chi connectivity index (χ3n) is 5.19. The summed E-state index contributed by atoms with van der Waals surface area (Å²) in [6.07, 6.45) is 6.17. The largest absolute Gasteiger partial charge is 0.332 e. The quantitative estimate of drug-likeness (QED) is 0.470. The smallest absolute Gasteiger partial charge is 0.223 e. The van der Waals surface area contributed by atoms with Crippen molar-refractivity contribution in [2.24, 2.45) is 0 Å². The van der Waals surface area contributed by atoms with E-state index in [-0.39, 0.29) is 30.6 Å². The van der Waals surface area contributed by atoms with Crippen LogP contribution in [-0.4, -0.2) is 44.0 Å². The maximum Gasteiger partial charge on any atom is 0.223 e. The number of amides is 1. The lowest BCUT2D eigenvalue weighted by Crippen LogP contribution is -2.31. The van der Waals surface area contributed by atoms with Crippen LogP contribution >= 0.6 is 11.8 Å². The Morgan fingerprint density at radius 3 is 2.71 bits per heavy atom. The molecule has 0 spiro atoms. The Bertz CT molecular complexity index is 999. The number of likely N-dealkylation sites (tertiary alicyclic amines) is 1. The van der Waals surface area contributed by atoms with E-state index in [1.165, 1.54) is 0 Å². The lowest BCUT2D eigenvalue weighted by molar-refractivity contribution is -0.132. The predicted molar refractivity (Wildman–Crippen MR) is 108 cm³/mol. The highest BCUT2D eigenvalue weighted by molar-refractivity contribution is 7.98. The molecule has 3 aromatic rings. The molecule has 1 fully saturated rings. The summed E-state index contributed by atoms with van der Waals surface area (Å²) in [5.74, 6) is 0.800. The van der Waals surface area contributed by atoms with Gasteiger partial charge in [0.25, 0.3) is 0 Å². The van der Waals surface area contributed by atoms with Gasteiger partial charge in [-0.15, -0.1) is 22.0 Å². The van der Waals surface area contributed by atoms with Crippen LogP contribution < -0.4 is 0 Å². The van der Waals surface area contributed by atoms with Crippen molar-refractivity contribution in [3.05, 3.63) is 60.0 Å². The fraction of sp³-hybridized carbons (Fsp3) is 0.333. The maximum atomic E-state index is 12.8. The Morgan fingerprint density at radius 2 is 1.93 bits per heavy atom. The summed E-state index contributed by atoms with van der Waals surface area (Å²) in [4.78, 5) is 28.3. The fourth-order valence-corrected chi connectivity index (χ4v) is 4.11. The molecule has 1 saturated heterocycles. The van der Waals surface area contributed by atoms with E-state index < -0.39 is 0 Å². The molecule has 0 saturated carbocycles. The van der Waals surface area contributed by atoms with Gasteiger partial charge in [-0.2, -0.15) is 0 Å². The van der Waals surface area contributed by atoms with Crippen LogP contribution in [0.2, 0.25) is 0 Å². The number of pyridine rings is 1. The molecule has 6 nitrogen and oxygen atoms in total. The van der Waals surface area contributed by atoms with E-state index in [1.54, 1.807) is 11.8 Å². The molecule has 0 radical (unpaired) electrons. The summed E-state index contributed by atoms with van der Waals surface area (Å²) < 4.78 is 1.94. The number of hydrogen-bond acceptors (Lipinski definition) is 5. The van der Waals surface area contributed by atoms with Gasteiger partial charge in [0.05, 0.1) is 6.04 Å². The first-order valence-electron chi connectivity index (χ1n) is 9.44. The van der Waals surface area contributed by atoms with Crippen molar-refractivity contribution in [3.63, 3.8) is 0 Å². The van der Waals surface area contributed by atoms with Crippen molar-refractivity contribution in [3.8, 4) is 0 Å². The van der Waals surface area contributed by atoms with Crippen LogP contribution in [-0.2, 0) is 4.79 Å². The van der Waals surface area contributed by atoms with Crippen LogP contribution in [0.3, 0.4) is 0 Å². The Morgan fingerprint density at radius 1 is 1.11 bits per heavy atom. The van der Waals surface area contributed by atoms with Gasteiger partial charge in [-0.1, -0.05) is 18.2 Å². The molecule has 0 N–H and O–H groups in total. The number of benzene rings is 1. The van der Waals surface area contributed by atoms with Crippen molar-refractivity contribution in [1.29, 1.82) is 0 Å². The molecule has 2 aromatic heterocycles. The van der Waals surface area contributed by atoms with Crippen LogP contribution in [0.25, 0.3) is 5.65 Å². The van der Waals surface area contributed by atoms with Crippen LogP contribution in [0.15, 0.2) is 53.6 Å². The van der Waals surface area contributed by atoms with Crippen LogP contribution in [0.5, 0.6) is 0 Å². The van der Waals surface area contributed by atoms with Gasteiger partial charge in [-0.05, 0) is 43.4 Å². The van der Waals surface area contributed by atoms with Gasteiger partial charge in [0, 0.05) is 36.0 Å². The molecule has 1 aliphatic heterocycles. The van der Waals surface area contributed by atoms with Crippen molar-refractivity contribution >= 4 is 29.1 Å². The molecule has 0 bridgehead atoms. The number of nitrogens with zero attached hydrogens (tertiary/aromatic N) is 4. The van der Waals surface area contributed by atoms with E-state index in [0.717, 1.165) is 29.2 Å². The van der Waals surface area contributed by atoms with Gasteiger partial charge in [0.2, 0.25) is 5.91 Å². The third kappa shape index (κ3) is 3.67. The number of carbonyl (C=O) groups is 2. The molecular weight excluding hydrogens is 372 g/mol. The van der Waals surface area contributed by atoms with Gasteiger partial charge < -0.3 is 4.90 Å². The second kappa shape index (κ2) is 8.14. The first-order valence-corrected chi connectivity index (χ1v) is 10.7. The molecule has 144 valence electrons. The summed E-state index contributed by atoms with van der Waals surface area (Å²) in [5.41, 5.74) is 1.44. The highest BCUT2D eigenvalue weighted by atomic mass is 32.2. The minimum atomic E-state index is -0.0825. The van der Waals surface area contributed by atoms with Crippen molar-refractivity contribution in [1.82, 2.24) is 19.5 Å². The molecule has 4 rings (SSSR count). The van der Waals surface area contributed by atoms with E-state index in [0.29, 0.717) is 12.1 Å². The average Bonchev–Trinajstić information content (AvgIpc) is 3.38. The lowest BCUT2D eigenvalue weighted by Gasteiger charge is -2.23. The number of aromatic nitrogens is 3. The first-order chi connectivity index (χ1) is 13.7. The van der Waals surface area contributed by atoms with Crippen LogP contribution in [0.1, 0.15) is 47.9 Å². The van der Waals surface area contributed by atoms with Crippen LogP contribution in [0, 0.1) is 0 Å². The molecule has 1 aliphatic rings. The number of hydrogen-bond donors (Lipinski definition) is 0. The summed E-state index contributed by atoms with van der Waals surface area (Å²) in [6, 6.07) is 13.2. The highest BCUT2D eigenvalue weighted by Crippen LogP contribution is 2.31. The molecular formula is C21H22N4O2S. The Hall–Kier alpha value is -2.67. The standard InChI is InChI=1S/C21H22N4O2S/c1-28-16-9-7-15(8-10-16)18(26)11-12-20(27)24-14-4-5-17(24)21-23-22-19-6-2-3-13-25(19)21/h2-3,6-10,13,17H,4-5,11-12,14H2,1H3. The van der Waals surface area contributed by atoms with Gasteiger partial charge in [-0.25, -0.2) is 0 Å². The fourth-order valence-electron chi connectivity index (χ4n) is 3.71. The number of Topliss-reactive ketones (excluding diaryl/α,β-unsaturated/α-hetero) is 1. The Labute approximate surface area is 167 Å². The van der Waals surface area contributed by atoms with E-state index >= 15 is 0 Å². The second-order valence-electron chi connectivity index (χ2n) is 6.88. The molecule has 7 heteroatoms. The Balaban J connectivity index is 1.43. The normalized spacial score (nSPS) is 16.6.